The predicted octanol–water partition coefficient (Wildman–Crippen LogP) is 6.46. The van der Waals surface area contributed by atoms with Crippen LogP contribution in [-0.2, 0) is 10.2 Å². The third-order valence-electron chi connectivity index (χ3n) is 8.99. The Balaban J connectivity index is 1.48. The van der Waals surface area contributed by atoms with Gasteiger partial charge in [-0.3, -0.25) is 14.4 Å². The number of amides is 1. The van der Waals surface area contributed by atoms with Gasteiger partial charge in [0, 0.05) is 23.0 Å². The number of hydrogen-bond donors (Lipinski definition) is 1. The predicted molar refractivity (Wildman–Crippen MR) is 168 cm³/mol. The van der Waals surface area contributed by atoms with Gasteiger partial charge in [0.1, 0.15) is 23.0 Å². The van der Waals surface area contributed by atoms with Crippen LogP contribution in [0.1, 0.15) is 57.3 Å². The Morgan fingerprint density at radius 2 is 1.59 bits per heavy atom. The van der Waals surface area contributed by atoms with Crippen LogP contribution in [-0.4, -0.2) is 41.6 Å². The summed E-state index contributed by atoms with van der Waals surface area (Å²) in [7, 11) is 1.54. The van der Waals surface area contributed by atoms with Gasteiger partial charge in [-0.05, 0) is 79.1 Å². The van der Waals surface area contributed by atoms with E-state index in [9.17, 15) is 14.4 Å². The van der Waals surface area contributed by atoms with Crippen LogP contribution in [0.4, 0.5) is 5.69 Å². The molecular weight excluding hydrogens is 552 g/mol. The summed E-state index contributed by atoms with van der Waals surface area (Å²) in [4.78, 5) is 46.2. The first kappa shape index (κ1) is 27.7. The van der Waals surface area contributed by atoms with Crippen molar-refractivity contribution in [2.24, 2.45) is 5.92 Å². The minimum atomic E-state index is -1.39. The molecule has 7 heteroatoms. The number of methoxy groups -OCH3 is 1. The Bertz CT molecular complexity index is 1830. The van der Waals surface area contributed by atoms with Crippen LogP contribution in [0.2, 0.25) is 0 Å². The fourth-order valence-electron chi connectivity index (χ4n) is 7.26. The molecule has 1 N–H and O–H groups in total. The third-order valence-corrected chi connectivity index (χ3v) is 8.99. The Kier molecular flexibility index (Phi) is 6.61. The SMILES string of the molecule is COc1cccc(C(=O)[C@H]2[C@@H](C(=O)c3ccc(OC(C)C)cc3)N3C=Cc4ccccc4[C@@H]3[C@@]23C(=O)Nc2ccccc23)c1. The fraction of sp³-hybridized carbons (Fsp3) is 0.216. The number of anilines is 1. The Labute approximate surface area is 256 Å². The topological polar surface area (TPSA) is 84.9 Å². The highest BCUT2D eigenvalue weighted by molar-refractivity contribution is 6.16. The van der Waals surface area contributed by atoms with E-state index in [0.717, 1.165) is 11.1 Å². The van der Waals surface area contributed by atoms with E-state index >= 15 is 0 Å². The van der Waals surface area contributed by atoms with E-state index in [1.165, 1.54) is 0 Å². The second-order valence-electron chi connectivity index (χ2n) is 11.7. The van der Waals surface area contributed by atoms with Crippen LogP contribution >= 0.6 is 0 Å². The minimum Gasteiger partial charge on any atom is -0.497 e. The summed E-state index contributed by atoms with van der Waals surface area (Å²) in [5.74, 6) is -0.725. The third kappa shape index (κ3) is 4.07. The molecule has 0 aliphatic carbocycles. The van der Waals surface area contributed by atoms with Gasteiger partial charge in [0.25, 0.3) is 0 Å². The summed E-state index contributed by atoms with van der Waals surface area (Å²) < 4.78 is 11.3. The number of ketones is 2. The van der Waals surface area contributed by atoms with Gasteiger partial charge in [-0.15, -0.1) is 0 Å². The van der Waals surface area contributed by atoms with Crippen molar-refractivity contribution in [1.29, 1.82) is 0 Å². The second-order valence-corrected chi connectivity index (χ2v) is 11.7. The highest BCUT2D eigenvalue weighted by atomic mass is 16.5. The molecule has 1 fully saturated rings. The maximum atomic E-state index is 15.0. The number of carbonyl (C=O) groups is 3. The molecular formula is C37H32N2O5. The van der Waals surface area contributed by atoms with Gasteiger partial charge in [-0.2, -0.15) is 0 Å². The molecule has 1 spiro atoms. The first-order chi connectivity index (χ1) is 21.3. The van der Waals surface area contributed by atoms with Gasteiger partial charge in [0.05, 0.1) is 25.2 Å². The summed E-state index contributed by atoms with van der Waals surface area (Å²) in [6.07, 6.45) is 3.81. The molecule has 220 valence electrons. The van der Waals surface area contributed by atoms with Crippen molar-refractivity contribution in [3.8, 4) is 11.5 Å². The lowest BCUT2D eigenvalue weighted by atomic mass is 9.62. The molecule has 4 atom stereocenters. The number of ether oxygens (including phenoxy) is 2. The summed E-state index contributed by atoms with van der Waals surface area (Å²) in [5.41, 5.74) is 2.62. The van der Waals surface area contributed by atoms with Crippen molar-refractivity contribution in [2.75, 3.05) is 12.4 Å². The number of Topliss-reactive ketones (excluding diaryl/α,β-unsaturated/α-hetero) is 2. The quantitative estimate of drug-likeness (QED) is 0.251. The summed E-state index contributed by atoms with van der Waals surface area (Å²) in [5, 5.41) is 3.08. The lowest BCUT2D eigenvalue weighted by Gasteiger charge is -2.38. The summed E-state index contributed by atoms with van der Waals surface area (Å²) in [6.45, 7) is 3.88. The van der Waals surface area contributed by atoms with Gasteiger partial charge in [-0.1, -0.05) is 54.6 Å². The number of benzene rings is 4. The van der Waals surface area contributed by atoms with Crippen molar-refractivity contribution >= 4 is 29.2 Å². The van der Waals surface area contributed by atoms with E-state index < -0.39 is 23.4 Å². The molecule has 7 nitrogen and oxygen atoms in total. The molecule has 4 aromatic carbocycles. The number of rotatable bonds is 7. The maximum absolute atomic E-state index is 15.0. The lowest BCUT2D eigenvalue weighted by molar-refractivity contribution is -0.122. The maximum Gasteiger partial charge on any atom is 0.238 e. The van der Waals surface area contributed by atoms with Crippen LogP contribution in [0, 0.1) is 5.92 Å². The number of fused-ring (bicyclic) bond motifs is 6. The number of nitrogens with zero attached hydrogens (tertiary/aromatic N) is 1. The van der Waals surface area contributed by atoms with Crippen molar-refractivity contribution < 1.29 is 23.9 Å². The highest BCUT2D eigenvalue weighted by Crippen LogP contribution is 2.62. The Hall–Kier alpha value is -5.17. The zero-order valence-electron chi connectivity index (χ0n) is 24.7. The molecule has 0 bridgehead atoms. The summed E-state index contributed by atoms with van der Waals surface area (Å²) >= 11 is 0. The Morgan fingerprint density at radius 1 is 0.841 bits per heavy atom. The zero-order chi connectivity index (χ0) is 30.6. The standard InChI is InChI=1S/C37H32N2O5/c1-22(2)44-26-17-15-24(16-18-26)34(41)32-31(33(40)25-10-8-11-27(21-25)43-3)37(29-13-6-7-14-30(29)38-36(37)42)35-28-12-5-4-9-23(28)19-20-39(32)35/h4-22,31-32,35H,1-3H3,(H,38,42)/t31-,32+,35-,37+/m1/s1. The van der Waals surface area contributed by atoms with Crippen molar-refractivity contribution in [2.45, 2.75) is 37.5 Å². The Morgan fingerprint density at radius 3 is 2.36 bits per heavy atom. The molecule has 3 heterocycles. The normalized spacial score (nSPS) is 22.8. The smallest absolute Gasteiger partial charge is 0.238 e. The first-order valence-electron chi connectivity index (χ1n) is 14.8. The molecule has 44 heavy (non-hydrogen) atoms. The van der Waals surface area contributed by atoms with Crippen molar-refractivity contribution in [3.05, 3.63) is 131 Å². The number of nitrogens with one attached hydrogen (secondary N) is 1. The van der Waals surface area contributed by atoms with E-state index in [2.05, 4.69) is 5.32 Å². The van der Waals surface area contributed by atoms with Gasteiger partial charge >= 0.3 is 0 Å². The molecule has 3 aliphatic rings. The van der Waals surface area contributed by atoms with Gasteiger partial charge in [-0.25, -0.2) is 0 Å². The molecule has 1 amide bonds. The van der Waals surface area contributed by atoms with E-state index in [-0.39, 0.29) is 23.6 Å². The van der Waals surface area contributed by atoms with E-state index in [1.54, 1.807) is 55.6 Å². The van der Waals surface area contributed by atoms with Crippen LogP contribution in [0.15, 0.2) is 103 Å². The van der Waals surface area contributed by atoms with Crippen LogP contribution in [0.3, 0.4) is 0 Å². The van der Waals surface area contributed by atoms with Crippen molar-refractivity contribution in [1.82, 2.24) is 4.90 Å². The van der Waals surface area contributed by atoms with Crippen LogP contribution in [0.5, 0.6) is 11.5 Å². The summed E-state index contributed by atoms with van der Waals surface area (Å²) in [6, 6.07) is 27.7. The average Bonchev–Trinajstić information content (AvgIpc) is 3.52. The average molecular weight is 585 g/mol. The largest absolute Gasteiger partial charge is 0.497 e. The number of hydrogen-bond acceptors (Lipinski definition) is 6. The first-order valence-corrected chi connectivity index (χ1v) is 14.8. The zero-order valence-corrected chi connectivity index (χ0v) is 24.7. The molecule has 0 aromatic heterocycles. The molecule has 3 aliphatic heterocycles. The molecule has 7 rings (SSSR count). The molecule has 0 unspecified atom stereocenters. The van der Waals surface area contributed by atoms with E-state index in [4.69, 9.17) is 9.47 Å². The number of carbonyl (C=O) groups excluding carboxylic acids is 3. The van der Waals surface area contributed by atoms with Crippen molar-refractivity contribution in [3.63, 3.8) is 0 Å². The van der Waals surface area contributed by atoms with Gasteiger partial charge in [0.15, 0.2) is 11.6 Å². The highest BCUT2D eigenvalue weighted by Gasteiger charge is 2.70. The molecule has 0 saturated carbocycles. The van der Waals surface area contributed by atoms with Crippen LogP contribution < -0.4 is 14.8 Å². The molecule has 4 aromatic rings. The number of para-hydroxylation sites is 1. The monoisotopic (exact) mass is 584 g/mol. The fourth-order valence-corrected chi connectivity index (χ4v) is 7.26. The van der Waals surface area contributed by atoms with Gasteiger partial charge < -0.3 is 19.7 Å². The second kappa shape index (κ2) is 10.5. The van der Waals surface area contributed by atoms with E-state index in [1.807, 2.05) is 79.6 Å². The van der Waals surface area contributed by atoms with Crippen LogP contribution in [0.25, 0.3) is 6.08 Å². The molecule has 1 saturated heterocycles. The lowest BCUT2D eigenvalue weighted by Crippen LogP contribution is -2.49. The minimum absolute atomic E-state index is 0.0173. The molecule has 0 radical (unpaired) electrons. The van der Waals surface area contributed by atoms with E-state index in [0.29, 0.717) is 33.9 Å². The van der Waals surface area contributed by atoms with Gasteiger partial charge in [0.2, 0.25) is 5.91 Å².